The van der Waals surface area contributed by atoms with Crippen LogP contribution in [0.5, 0.6) is 0 Å². The molecule has 20 heavy (non-hydrogen) atoms. The first-order valence-corrected chi connectivity index (χ1v) is 8.58. The number of rotatable bonds is 3. The van der Waals surface area contributed by atoms with Crippen LogP contribution in [0.15, 0.2) is 0 Å². The van der Waals surface area contributed by atoms with Crippen LogP contribution in [-0.2, 0) is 0 Å². The van der Waals surface area contributed by atoms with Crippen molar-refractivity contribution >= 4 is 0 Å². The van der Waals surface area contributed by atoms with E-state index in [0.29, 0.717) is 10.8 Å². The number of piperidine rings is 1. The number of likely N-dealkylation sites (tertiary alicyclic amines) is 3. The average Bonchev–Trinajstić information content (AvgIpc) is 2.37. The predicted molar refractivity (Wildman–Crippen MR) is 87.2 cm³/mol. The van der Waals surface area contributed by atoms with Gasteiger partial charge in [0.2, 0.25) is 0 Å². The van der Waals surface area contributed by atoms with Crippen molar-refractivity contribution in [2.45, 2.75) is 40.0 Å². The molecule has 3 heterocycles. The maximum absolute atomic E-state index is 2.69. The number of hydrogen-bond donors (Lipinski definition) is 0. The van der Waals surface area contributed by atoms with Crippen LogP contribution in [-0.4, -0.2) is 74.6 Å². The van der Waals surface area contributed by atoms with Crippen molar-refractivity contribution in [1.29, 1.82) is 0 Å². The standard InChI is InChI=1S/C15H29N3.C2H6/c1-14(4-7-16(2)8-5-14)6-9-18-12-15(13-18)10-17(3)11-15;1-2/h4-13H2,1-3H3;1-2H3. The Hall–Kier alpha value is -0.120. The molecule has 3 heteroatoms. The molecule has 3 aliphatic heterocycles. The van der Waals surface area contributed by atoms with Gasteiger partial charge in [-0.05, 0) is 58.4 Å². The summed E-state index contributed by atoms with van der Waals surface area (Å²) in [6.07, 6.45) is 4.20. The molecule has 0 unspecified atom stereocenters. The van der Waals surface area contributed by atoms with Gasteiger partial charge in [-0.2, -0.15) is 0 Å². The van der Waals surface area contributed by atoms with E-state index in [0.717, 1.165) is 0 Å². The van der Waals surface area contributed by atoms with Crippen LogP contribution in [0.2, 0.25) is 0 Å². The Bertz CT molecular complexity index is 293. The first-order valence-electron chi connectivity index (χ1n) is 8.58. The van der Waals surface area contributed by atoms with Crippen molar-refractivity contribution in [1.82, 2.24) is 14.7 Å². The minimum atomic E-state index is 0.617. The molecule has 118 valence electrons. The third-order valence-electron chi connectivity index (χ3n) is 5.55. The molecule has 0 aliphatic carbocycles. The van der Waals surface area contributed by atoms with E-state index in [1.807, 2.05) is 13.8 Å². The first kappa shape index (κ1) is 16.3. The van der Waals surface area contributed by atoms with Crippen LogP contribution in [0, 0.1) is 10.8 Å². The van der Waals surface area contributed by atoms with Crippen LogP contribution in [0.4, 0.5) is 0 Å². The number of nitrogens with zero attached hydrogens (tertiary/aromatic N) is 3. The summed E-state index contributed by atoms with van der Waals surface area (Å²) in [7, 11) is 4.50. The summed E-state index contributed by atoms with van der Waals surface area (Å²) in [6.45, 7) is 15.9. The van der Waals surface area contributed by atoms with E-state index in [2.05, 4.69) is 35.7 Å². The lowest BCUT2D eigenvalue weighted by Crippen LogP contribution is -2.71. The topological polar surface area (TPSA) is 9.72 Å². The molecule has 3 rings (SSSR count). The van der Waals surface area contributed by atoms with Crippen LogP contribution in [0.3, 0.4) is 0 Å². The minimum Gasteiger partial charge on any atom is -0.306 e. The molecule has 0 atom stereocenters. The summed E-state index contributed by atoms with van der Waals surface area (Å²) in [5, 5.41) is 0. The van der Waals surface area contributed by atoms with E-state index >= 15 is 0 Å². The second-order valence-corrected chi connectivity index (χ2v) is 7.75. The van der Waals surface area contributed by atoms with Gasteiger partial charge >= 0.3 is 0 Å². The molecular weight excluding hydrogens is 246 g/mol. The van der Waals surface area contributed by atoms with Gasteiger partial charge in [0, 0.05) is 31.6 Å². The van der Waals surface area contributed by atoms with Gasteiger partial charge < -0.3 is 14.7 Å². The fraction of sp³-hybridized carbons (Fsp3) is 1.00. The van der Waals surface area contributed by atoms with Crippen LogP contribution in [0.25, 0.3) is 0 Å². The monoisotopic (exact) mass is 281 g/mol. The Morgan fingerprint density at radius 3 is 1.90 bits per heavy atom. The van der Waals surface area contributed by atoms with E-state index in [4.69, 9.17) is 0 Å². The molecule has 3 aliphatic rings. The second-order valence-electron chi connectivity index (χ2n) is 7.75. The quantitative estimate of drug-likeness (QED) is 0.786. The van der Waals surface area contributed by atoms with Crippen molar-refractivity contribution in [3.63, 3.8) is 0 Å². The van der Waals surface area contributed by atoms with Crippen molar-refractivity contribution < 1.29 is 0 Å². The van der Waals surface area contributed by atoms with Crippen LogP contribution >= 0.6 is 0 Å². The Labute approximate surface area is 126 Å². The van der Waals surface area contributed by atoms with Gasteiger partial charge in [-0.1, -0.05) is 20.8 Å². The lowest BCUT2D eigenvalue weighted by molar-refractivity contribution is -0.107. The molecule has 3 saturated heterocycles. The summed E-state index contributed by atoms with van der Waals surface area (Å²) in [5.41, 5.74) is 1.33. The van der Waals surface area contributed by atoms with E-state index in [9.17, 15) is 0 Å². The molecule has 0 N–H and O–H groups in total. The van der Waals surface area contributed by atoms with Crippen molar-refractivity contribution in [2.75, 3.05) is 59.9 Å². The Morgan fingerprint density at radius 1 is 0.850 bits per heavy atom. The van der Waals surface area contributed by atoms with E-state index in [1.165, 1.54) is 65.1 Å². The normalized spacial score (nSPS) is 29.2. The molecule has 1 spiro atoms. The zero-order chi connectivity index (χ0) is 14.8. The summed E-state index contributed by atoms with van der Waals surface area (Å²) >= 11 is 0. The zero-order valence-corrected chi connectivity index (χ0v) is 14.4. The van der Waals surface area contributed by atoms with Gasteiger partial charge in [0.1, 0.15) is 0 Å². The summed E-state index contributed by atoms with van der Waals surface area (Å²) < 4.78 is 0. The molecule has 0 aromatic rings. The third kappa shape index (κ3) is 3.55. The molecule has 3 fully saturated rings. The lowest BCUT2D eigenvalue weighted by Gasteiger charge is -2.60. The van der Waals surface area contributed by atoms with Gasteiger partial charge in [-0.25, -0.2) is 0 Å². The second kappa shape index (κ2) is 6.33. The number of hydrogen-bond acceptors (Lipinski definition) is 3. The summed E-state index contributed by atoms with van der Waals surface area (Å²) in [4.78, 5) is 7.62. The Kier molecular flexibility index (Phi) is 5.14. The fourth-order valence-corrected chi connectivity index (χ4v) is 4.20. The molecule has 0 bridgehead atoms. The molecule has 0 radical (unpaired) electrons. The Morgan fingerprint density at radius 2 is 1.40 bits per heavy atom. The third-order valence-corrected chi connectivity index (χ3v) is 5.55. The smallest absolute Gasteiger partial charge is 0.0212 e. The lowest BCUT2D eigenvalue weighted by atomic mass is 9.72. The van der Waals surface area contributed by atoms with Gasteiger partial charge in [0.25, 0.3) is 0 Å². The van der Waals surface area contributed by atoms with Crippen molar-refractivity contribution in [3.8, 4) is 0 Å². The molecular formula is C17H35N3. The van der Waals surface area contributed by atoms with Gasteiger partial charge in [-0.3, -0.25) is 0 Å². The highest BCUT2D eigenvalue weighted by molar-refractivity contribution is 5.04. The van der Waals surface area contributed by atoms with E-state index in [-0.39, 0.29) is 0 Å². The van der Waals surface area contributed by atoms with Crippen molar-refractivity contribution in [2.24, 2.45) is 10.8 Å². The predicted octanol–water partition coefficient (Wildman–Crippen LogP) is 2.38. The molecule has 0 amide bonds. The Balaban J connectivity index is 0.000000704. The highest BCUT2D eigenvalue weighted by atomic mass is 15.3. The maximum Gasteiger partial charge on any atom is 0.0212 e. The van der Waals surface area contributed by atoms with Gasteiger partial charge in [0.15, 0.2) is 0 Å². The van der Waals surface area contributed by atoms with Crippen molar-refractivity contribution in [3.05, 3.63) is 0 Å². The van der Waals surface area contributed by atoms with Crippen LogP contribution in [0.1, 0.15) is 40.0 Å². The molecule has 0 saturated carbocycles. The molecule has 0 aromatic carbocycles. The van der Waals surface area contributed by atoms with E-state index < -0.39 is 0 Å². The summed E-state index contributed by atoms with van der Waals surface area (Å²) in [5.74, 6) is 0. The largest absolute Gasteiger partial charge is 0.306 e. The maximum atomic E-state index is 2.69. The fourth-order valence-electron chi connectivity index (χ4n) is 4.20. The molecule has 0 aromatic heterocycles. The zero-order valence-electron chi connectivity index (χ0n) is 14.4. The van der Waals surface area contributed by atoms with E-state index in [1.54, 1.807) is 0 Å². The molecule has 3 nitrogen and oxygen atoms in total. The summed E-state index contributed by atoms with van der Waals surface area (Å²) in [6, 6.07) is 0. The average molecular weight is 281 g/mol. The first-order chi connectivity index (χ1) is 9.49. The van der Waals surface area contributed by atoms with Crippen LogP contribution < -0.4 is 0 Å². The van der Waals surface area contributed by atoms with Gasteiger partial charge in [0.05, 0.1) is 0 Å². The minimum absolute atomic E-state index is 0.617. The highest BCUT2D eigenvalue weighted by Gasteiger charge is 2.50. The van der Waals surface area contributed by atoms with Gasteiger partial charge in [-0.15, -0.1) is 0 Å². The highest BCUT2D eigenvalue weighted by Crippen LogP contribution is 2.40. The SMILES string of the molecule is CC.CN1CCC(C)(CCN2CC3(CN(C)C3)C2)CC1.